The number of hydrogen-bond acceptors (Lipinski definition) is 3. The summed E-state index contributed by atoms with van der Waals surface area (Å²) in [6.07, 6.45) is 0. The Hall–Kier alpha value is -3.37. The van der Waals surface area contributed by atoms with Crippen LogP contribution in [0.1, 0.15) is 22.7 Å². The molecule has 0 saturated carbocycles. The van der Waals surface area contributed by atoms with Crippen molar-refractivity contribution < 1.29 is 14.7 Å². The molecule has 4 rings (SSSR count). The molecule has 1 amide bonds. The second-order valence-electron chi connectivity index (χ2n) is 6.92. The lowest BCUT2D eigenvalue weighted by Crippen LogP contribution is -2.29. The van der Waals surface area contributed by atoms with Crippen molar-refractivity contribution in [1.82, 2.24) is 0 Å². The van der Waals surface area contributed by atoms with E-state index in [1.165, 1.54) is 4.90 Å². The number of nitrogens with zero attached hydrogens (tertiary/aromatic N) is 1. The third-order valence-electron chi connectivity index (χ3n) is 4.99. The van der Waals surface area contributed by atoms with Crippen molar-refractivity contribution >= 4 is 34.7 Å². The first-order valence-corrected chi connectivity index (χ1v) is 9.53. The van der Waals surface area contributed by atoms with Gasteiger partial charge in [0.15, 0.2) is 0 Å². The number of carbonyl (C=O) groups excluding carboxylic acids is 2. The maximum Gasteiger partial charge on any atom is 0.300 e. The third kappa shape index (κ3) is 3.43. The molecule has 1 N–H and O–H groups in total. The van der Waals surface area contributed by atoms with Crippen LogP contribution in [0.25, 0.3) is 5.76 Å². The topological polar surface area (TPSA) is 57.6 Å². The van der Waals surface area contributed by atoms with E-state index in [9.17, 15) is 14.7 Å². The van der Waals surface area contributed by atoms with Crippen molar-refractivity contribution in [3.8, 4) is 0 Å². The fourth-order valence-corrected chi connectivity index (χ4v) is 3.64. The van der Waals surface area contributed by atoms with Gasteiger partial charge in [-0.15, -0.1) is 0 Å². The van der Waals surface area contributed by atoms with Crippen LogP contribution in [0.3, 0.4) is 0 Å². The second-order valence-corrected chi connectivity index (χ2v) is 7.36. The van der Waals surface area contributed by atoms with Crippen LogP contribution in [0.15, 0.2) is 84.4 Å². The first kappa shape index (κ1) is 19.0. The summed E-state index contributed by atoms with van der Waals surface area (Å²) in [5.74, 6) is -1.60. The maximum absolute atomic E-state index is 13.0. The van der Waals surface area contributed by atoms with E-state index in [0.717, 1.165) is 11.1 Å². The number of halogens is 1. The standard InChI is InChI=1S/C24H18ClNO3/c1-15-7-13-19(14-8-15)26-21(16-5-3-2-4-6-16)20(23(28)24(26)29)22(27)17-9-11-18(25)12-10-17/h2-14,21,27H,1H3. The number of amides is 1. The molecule has 1 atom stereocenters. The Morgan fingerprint density at radius 2 is 1.52 bits per heavy atom. The van der Waals surface area contributed by atoms with E-state index >= 15 is 0 Å². The normalized spacial score (nSPS) is 18.3. The van der Waals surface area contributed by atoms with E-state index in [1.54, 1.807) is 36.4 Å². The average Bonchev–Trinajstić information content (AvgIpc) is 3.00. The molecule has 1 saturated heterocycles. The first-order valence-electron chi connectivity index (χ1n) is 9.16. The van der Waals surface area contributed by atoms with Crippen LogP contribution >= 0.6 is 11.6 Å². The first-order chi connectivity index (χ1) is 14.0. The monoisotopic (exact) mass is 403 g/mol. The van der Waals surface area contributed by atoms with E-state index in [1.807, 2.05) is 49.4 Å². The Morgan fingerprint density at radius 3 is 2.14 bits per heavy atom. The van der Waals surface area contributed by atoms with Gasteiger partial charge in [0.1, 0.15) is 5.76 Å². The summed E-state index contributed by atoms with van der Waals surface area (Å²) in [4.78, 5) is 27.4. The number of ketones is 1. The number of benzene rings is 3. The summed E-state index contributed by atoms with van der Waals surface area (Å²) < 4.78 is 0. The van der Waals surface area contributed by atoms with Crippen molar-refractivity contribution in [3.63, 3.8) is 0 Å². The molecule has 0 aromatic heterocycles. The van der Waals surface area contributed by atoms with Crippen LogP contribution in [-0.4, -0.2) is 16.8 Å². The average molecular weight is 404 g/mol. The van der Waals surface area contributed by atoms with Crippen LogP contribution < -0.4 is 4.90 Å². The molecule has 29 heavy (non-hydrogen) atoms. The fraction of sp³-hybridized carbons (Fsp3) is 0.0833. The van der Waals surface area contributed by atoms with Gasteiger partial charge in [0.05, 0.1) is 11.6 Å². The summed E-state index contributed by atoms with van der Waals surface area (Å²) in [5.41, 5.74) is 2.87. The molecule has 0 radical (unpaired) electrons. The summed E-state index contributed by atoms with van der Waals surface area (Å²) >= 11 is 5.94. The lowest BCUT2D eigenvalue weighted by atomic mass is 9.95. The van der Waals surface area contributed by atoms with E-state index in [-0.39, 0.29) is 11.3 Å². The molecule has 0 aliphatic carbocycles. The lowest BCUT2D eigenvalue weighted by molar-refractivity contribution is -0.132. The molecule has 3 aromatic carbocycles. The van der Waals surface area contributed by atoms with Crippen LogP contribution in [0.4, 0.5) is 5.69 Å². The Balaban J connectivity index is 1.93. The Labute approximate surface area is 173 Å². The minimum absolute atomic E-state index is 0.0593. The largest absolute Gasteiger partial charge is 0.507 e. The fourth-order valence-electron chi connectivity index (χ4n) is 3.52. The van der Waals surface area contributed by atoms with Crippen molar-refractivity contribution in [2.75, 3.05) is 4.90 Å². The summed E-state index contributed by atoms with van der Waals surface area (Å²) in [5, 5.41) is 11.5. The molecule has 3 aromatic rings. The minimum Gasteiger partial charge on any atom is -0.507 e. The molecule has 5 heteroatoms. The van der Waals surface area contributed by atoms with Crippen LogP contribution in [0.5, 0.6) is 0 Å². The summed E-state index contributed by atoms with van der Waals surface area (Å²) in [6.45, 7) is 1.95. The highest BCUT2D eigenvalue weighted by atomic mass is 35.5. The van der Waals surface area contributed by atoms with E-state index in [2.05, 4.69) is 0 Å². The molecule has 1 aliphatic rings. The Kier molecular flexibility index (Phi) is 4.95. The highest BCUT2D eigenvalue weighted by Crippen LogP contribution is 2.42. The highest BCUT2D eigenvalue weighted by Gasteiger charge is 2.46. The van der Waals surface area contributed by atoms with Crippen molar-refractivity contribution in [1.29, 1.82) is 0 Å². The van der Waals surface area contributed by atoms with Gasteiger partial charge in [-0.25, -0.2) is 0 Å². The quantitative estimate of drug-likeness (QED) is 0.368. The third-order valence-corrected chi connectivity index (χ3v) is 5.24. The summed E-state index contributed by atoms with van der Waals surface area (Å²) in [7, 11) is 0. The van der Waals surface area contributed by atoms with Crippen LogP contribution in [0.2, 0.25) is 5.02 Å². The minimum atomic E-state index is -0.727. The second kappa shape index (κ2) is 7.57. The van der Waals surface area contributed by atoms with Gasteiger partial charge in [-0.1, -0.05) is 59.6 Å². The number of carbonyl (C=O) groups is 2. The highest BCUT2D eigenvalue weighted by molar-refractivity contribution is 6.51. The molecule has 1 heterocycles. The predicted molar refractivity (Wildman–Crippen MR) is 114 cm³/mol. The molecule has 1 fully saturated rings. The Bertz CT molecular complexity index is 1100. The smallest absolute Gasteiger partial charge is 0.300 e. The van der Waals surface area contributed by atoms with Gasteiger partial charge in [-0.05, 0) is 48.9 Å². The number of aliphatic hydroxyl groups excluding tert-OH is 1. The van der Waals surface area contributed by atoms with Gasteiger partial charge in [0.2, 0.25) is 0 Å². The van der Waals surface area contributed by atoms with Crippen LogP contribution in [0, 0.1) is 6.92 Å². The molecule has 144 valence electrons. The van der Waals surface area contributed by atoms with Crippen LogP contribution in [-0.2, 0) is 9.59 Å². The number of hydrogen-bond donors (Lipinski definition) is 1. The van der Waals surface area contributed by atoms with E-state index in [4.69, 9.17) is 11.6 Å². The van der Waals surface area contributed by atoms with Gasteiger partial charge in [-0.2, -0.15) is 0 Å². The molecular weight excluding hydrogens is 386 g/mol. The predicted octanol–water partition coefficient (Wildman–Crippen LogP) is 5.27. The number of aliphatic hydroxyl groups is 1. The Morgan fingerprint density at radius 1 is 0.897 bits per heavy atom. The SMILES string of the molecule is Cc1ccc(N2C(=O)C(=O)C(=C(O)c3ccc(Cl)cc3)C2c2ccccc2)cc1. The van der Waals surface area contributed by atoms with Crippen molar-refractivity contribution in [2.24, 2.45) is 0 Å². The number of aryl methyl sites for hydroxylation is 1. The van der Waals surface area contributed by atoms with Crippen molar-refractivity contribution in [2.45, 2.75) is 13.0 Å². The van der Waals surface area contributed by atoms with Gasteiger partial charge in [0.25, 0.3) is 11.7 Å². The zero-order chi connectivity index (χ0) is 20.5. The van der Waals surface area contributed by atoms with Crippen molar-refractivity contribution in [3.05, 3.63) is 106 Å². The molecule has 4 nitrogen and oxygen atoms in total. The molecule has 1 aliphatic heterocycles. The zero-order valence-corrected chi connectivity index (χ0v) is 16.4. The van der Waals surface area contributed by atoms with Gasteiger partial charge >= 0.3 is 0 Å². The van der Waals surface area contributed by atoms with E-state index < -0.39 is 17.7 Å². The number of Topliss-reactive ketones (excluding diaryl/α,β-unsaturated/α-hetero) is 1. The maximum atomic E-state index is 13.0. The van der Waals surface area contributed by atoms with E-state index in [0.29, 0.717) is 16.3 Å². The number of rotatable bonds is 3. The lowest BCUT2D eigenvalue weighted by Gasteiger charge is -2.25. The molecule has 0 spiro atoms. The zero-order valence-electron chi connectivity index (χ0n) is 15.7. The van der Waals surface area contributed by atoms with Gasteiger partial charge in [-0.3, -0.25) is 14.5 Å². The van der Waals surface area contributed by atoms with Gasteiger partial charge in [0, 0.05) is 16.3 Å². The number of anilines is 1. The molecule has 0 bridgehead atoms. The summed E-state index contributed by atoms with van der Waals surface area (Å²) in [6, 6.07) is 22.4. The molecular formula is C24H18ClNO3. The molecule has 1 unspecified atom stereocenters. The van der Waals surface area contributed by atoms with Gasteiger partial charge < -0.3 is 5.11 Å².